The molecule has 24 heavy (non-hydrogen) atoms. The summed E-state index contributed by atoms with van der Waals surface area (Å²) in [5.74, 6) is -0.0892. The van der Waals surface area contributed by atoms with E-state index in [1.807, 2.05) is 13.2 Å². The van der Waals surface area contributed by atoms with Crippen molar-refractivity contribution in [1.82, 2.24) is 20.0 Å². The Morgan fingerprint density at radius 1 is 1.50 bits per heavy atom. The average Bonchev–Trinajstić information content (AvgIpc) is 3.26. The van der Waals surface area contributed by atoms with Crippen LogP contribution in [0.15, 0.2) is 36.0 Å². The van der Waals surface area contributed by atoms with Gasteiger partial charge in [0.2, 0.25) is 5.91 Å². The van der Waals surface area contributed by atoms with Crippen molar-refractivity contribution < 1.29 is 9.53 Å². The molecule has 1 fully saturated rings. The Balaban J connectivity index is 1.58. The largest absolute Gasteiger partial charge is 0.379 e. The summed E-state index contributed by atoms with van der Waals surface area (Å²) in [7, 11) is 1.85. The number of hydrogen-bond donors (Lipinski definition) is 1. The molecular formula is C17H22N4O2S. The fourth-order valence-electron chi connectivity index (χ4n) is 2.73. The zero-order valence-electron chi connectivity index (χ0n) is 13.7. The van der Waals surface area contributed by atoms with Crippen molar-refractivity contribution in [3.8, 4) is 0 Å². The number of hydrogen-bond acceptors (Lipinski definition) is 5. The van der Waals surface area contributed by atoms with Gasteiger partial charge in [-0.15, -0.1) is 11.3 Å². The van der Waals surface area contributed by atoms with E-state index in [2.05, 4.69) is 32.8 Å². The van der Waals surface area contributed by atoms with E-state index < -0.39 is 0 Å². The second-order valence-electron chi connectivity index (χ2n) is 5.71. The summed E-state index contributed by atoms with van der Waals surface area (Å²) in [6.07, 6.45) is 6.93. The summed E-state index contributed by atoms with van der Waals surface area (Å²) in [6, 6.07) is 4.38. The minimum absolute atomic E-state index is 0.0892. The number of carbonyl (C=O) groups excluding carboxylic acids is 1. The molecule has 1 saturated heterocycles. The molecule has 1 unspecified atom stereocenters. The lowest BCUT2D eigenvalue weighted by Crippen LogP contribution is -2.43. The molecule has 0 aliphatic carbocycles. The van der Waals surface area contributed by atoms with E-state index in [1.54, 1.807) is 34.4 Å². The number of ether oxygens (including phenoxy) is 1. The lowest BCUT2D eigenvalue weighted by molar-refractivity contribution is -0.116. The molecule has 0 saturated carbocycles. The number of aromatic nitrogens is 2. The molecule has 2 aromatic rings. The quantitative estimate of drug-likeness (QED) is 0.809. The number of amides is 1. The van der Waals surface area contributed by atoms with Crippen molar-refractivity contribution in [3.63, 3.8) is 0 Å². The summed E-state index contributed by atoms with van der Waals surface area (Å²) in [5.41, 5.74) is 0.913. The second kappa shape index (κ2) is 8.23. The Morgan fingerprint density at radius 2 is 2.33 bits per heavy atom. The van der Waals surface area contributed by atoms with Crippen LogP contribution in [0.25, 0.3) is 6.08 Å². The summed E-state index contributed by atoms with van der Waals surface area (Å²) in [5, 5.41) is 9.17. The van der Waals surface area contributed by atoms with Crippen LogP contribution in [0.1, 0.15) is 16.5 Å². The van der Waals surface area contributed by atoms with Gasteiger partial charge >= 0.3 is 0 Å². The highest BCUT2D eigenvalue weighted by Crippen LogP contribution is 2.25. The van der Waals surface area contributed by atoms with Gasteiger partial charge in [-0.1, -0.05) is 6.07 Å². The predicted molar refractivity (Wildman–Crippen MR) is 94.7 cm³/mol. The van der Waals surface area contributed by atoms with E-state index in [0.29, 0.717) is 6.54 Å². The molecule has 7 heteroatoms. The molecule has 3 rings (SSSR count). The third-order valence-electron chi connectivity index (χ3n) is 3.98. The maximum atomic E-state index is 12.1. The van der Waals surface area contributed by atoms with Crippen LogP contribution in [0.2, 0.25) is 0 Å². The highest BCUT2D eigenvalue weighted by Gasteiger charge is 2.23. The number of morpholine rings is 1. The lowest BCUT2D eigenvalue weighted by Gasteiger charge is -2.34. The van der Waals surface area contributed by atoms with Gasteiger partial charge in [0.15, 0.2) is 0 Å². The molecule has 1 N–H and O–H groups in total. The van der Waals surface area contributed by atoms with Crippen LogP contribution in [0, 0.1) is 0 Å². The van der Waals surface area contributed by atoms with E-state index in [9.17, 15) is 4.79 Å². The van der Waals surface area contributed by atoms with Crippen LogP contribution in [0.5, 0.6) is 0 Å². The van der Waals surface area contributed by atoms with Gasteiger partial charge in [-0.25, -0.2) is 0 Å². The van der Waals surface area contributed by atoms with E-state index in [4.69, 9.17) is 4.74 Å². The first-order chi connectivity index (χ1) is 11.7. The van der Waals surface area contributed by atoms with Crippen molar-refractivity contribution in [3.05, 3.63) is 46.4 Å². The first-order valence-corrected chi connectivity index (χ1v) is 8.90. The Hall–Kier alpha value is -1.96. The van der Waals surface area contributed by atoms with Crippen LogP contribution >= 0.6 is 11.3 Å². The number of nitrogens with one attached hydrogen (secondary N) is 1. The zero-order valence-corrected chi connectivity index (χ0v) is 14.5. The minimum Gasteiger partial charge on any atom is -0.379 e. The van der Waals surface area contributed by atoms with Crippen LogP contribution in [-0.2, 0) is 16.6 Å². The maximum Gasteiger partial charge on any atom is 0.244 e. The average molecular weight is 346 g/mol. The van der Waals surface area contributed by atoms with Crippen molar-refractivity contribution in [2.75, 3.05) is 32.8 Å². The van der Waals surface area contributed by atoms with Crippen molar-refractivity contribution in [2.45, 2.75) is 6.04 Å². The Bertz CT molecular complexity index is 675. The molecule has 0 bridgehead atoms. The van der Waals surface area contributed by atoms with E-state index in [-0.39, 0.29) is 11.9 Å². The zero-order chi connectivity index (χ0) is 16.8. The first-order valence-electron chi connectivity index (χ1n) is 8.02. The summed E-state index contributed by atoms with van der Waals surface area (Å²) in [4.78, 5) is 15.8. The lowest BCUT2D eigenvalue weighted by atomic mass is 10.2. The van der Waals surface area contributed by atoms with E-state index in [0.717, 1.165) is 31.9 Å². The van der Waals surface area contributed by atoms with Gasteiger partial charge in [0.25, 0.3) is 0 Å². The molecule has 1 atom stereocenters. The molecule has 1 aliphatic heterocycles. The van der Waals surface area contributed by atoms with E-state index in [1.165, 1.54) is 4.88 Å². The Kier molecular flexibility index (Phi) is 5.79. The highest BCUT2D eigenvalue weighted by atomic mass is 32.1. The molecule has 1 amide bonds. The standard InChI is InChI=1S/C17H22N4O2S/c1-20-13-14(11-19-20)4-5-17(22)18-12-15(16-3-2-10-24-16)21-6-8-23-9-7-21/h2-5,10-11,13,15H,6-9,12H2,1H3,(H,18,22). The Labute approximate surface area is 145 Å². The van der Waals surface area contributed by atoms with Gasteiger partial charge in [-0.2, -0.15) is 5.10 Å². The van der Waals surface area contributed by atoms with E-state index >= 15 is 0 Å². The number of thiophene rings is 1. The smallest absolute Gasteiger partial charge is 0.244 e. The fraction of sp³-hybridized carbons (Fsp3) is 0.412. The monoisotopic (exact) mass is 346 g/mol. The van der Waals surface area contributed by atoms with Crippen molar-refractivity contribution >= 4 is 23.3 Å². The second-order valence-corrected chi connectivity index (χ2v) is 6.68. The molecule has 6 nitrogen and oxygen atoms in total. The molecule has 0 spiro atoms. The summed E-state index contributed by atoms with van der Waals surface area (Å²) >= 11 is 1.73. The first kappa shape index (κ1) is 16.9. The third-order valence-corrected chi connectivity index (χ3v) is 4.95. The van der Waals surface area contributed by atoms with Gasteiger partial charge in [-0.05, 0) is 17.5 Å². The van der Waals surface area contributed by atoms with Crippen LogP contribution in [-0.4, -0.2) is 53.4 Å². The number of carbonyl (C=O) groups is 1. The normalized spacial score (nSPS) is 17.2. The van der Waals surface area contributed by atoms with Gasteiger partial charge in [0, 0.05) is 49.4 Å². The fourth-order valence-corrected chi connectivity index (χ4v) is 3.59. The molecule has 3 heterocycles. The van der Waals surface area contributed by atoms with Crippen LogP contribution < -0.4 is 5.32 Å². The molecule has 0 radical (unpaired) electrons. The van der Waals surface area contributed by atoms with Gasteiger partial charge in [-0.3, -0.25) is 14.4 Å². The highest BCUT2D eigenvalue weighted by molar-refractivity contribution is 7.10. The molecule has 1 aliphatic rings. The molecular weight excluding hydrogens is 324 g/mol. The van der Waals surface area contributed by atoms with Gasteiger partial charge in [0.1, 0.15) is 0 Å². The molecule has 0 aromatic carbocycles. The predicted octanol–water partition coefficient (Wildman–Crippen LogP) is 1.68. The topological polar surface area (TPSA) is 59.4 Å². The minimum atomic E-state index is -0.0892. The van der Waals surface area contributed by atoms with Crippen molar-refractivity contribution in [2.24, 2.45) is 7.05 Å². The maximum absolute atomic E-state index is 12.1. The SMILES string of the molecule is Cn1cc(C=CC(=O)NCC(c2cccs2)N2CCOCC2)cn1. The summed E-state index contributed by atoms with van der Waals surface area (Å²) in [6.45, 7) is 3.87. The number of nitrogens with zero attached hydrogens (tertiary/aromatic N) is 3. The Morgan fingerprint density at radius 3 is 3.00 bits per heavy atom. The molecule has 128 valence electrons. The van der Waals surface area contributed by atoms with Crippen molar-refractivity contribution in [1.29, 1.82) is 0 Å². The third kappa shape index (κ3) is 4.53. The molecule has 2 aromatic heterocycles. The number of aryl methyl sites for hydroxylation is 1. The van der Waals surface area contributed by atoms with Crippen LogP contribution in [0.4, 0.5) is 0 Å². The summed E-state index contributed by atoms with van der Waals surface area (Å²) < 4.78 is 7.15. The van der Waals surface area contributed by atoms with Crippen LogP contribution in [0.3, 0.4) is 0 Å². The number of rotatable bonds is 6. The van der Waals surface area contributed by atoms with Gasteiger partial charge in [0.05, 0.1) is 25.5 Å². The van der Waals surface area contributed by atoms with Gasteiger partial charge < -0.3 is 10.1 Å².